The second-order valence-electron chi connectivity index (χ2n) is 7.52. The number of carbonyl (C=O) groups excluding carboxylic acids is 1. The summed E-state index contributed by atoms with van der Waals surface area (Å²) in [5, 5.41) is 0. The lowest BCUT2D eigenvalue weighted by Crippen LogP contribution is -2.50. The predicted molar refractivity (Wildman–Crippen MR) is 109 cm³/mol. The quantitative estimate of drug-likeness (QED) is 0.719. The summed E-state index contributed by atoms with van der Waals surface area (Å²) in [6.07, 6.45) is 8.01. The molecule has 28 heavy (non-hydrogen) atoms. The van der Waals surface area contributed by atoms with Gasteiger partial charge in [-0.15, -0.1) is 0 Å². The third-order valence-corrected chi connectivity index (χ3v) is 5.41. The van der Waals surface area contributed by atoms with Crippen LogP contribution in [-0.2, 0) is 17.8 Å². The van der Waals surface area contributed by atoms with Crippen molar-refractivity contribution < 1.29 is 4.79 Å². The molecule has 146 valence electrons. The molecule has 1 aliphatic heterocycles. The van der Waals surface area contributed by atoms with E-state index in [2.05, 4.69) is 46.1 Å². The van der Waals surface area contributed by atoms with Crippen molar-refractivity contribution in [2.24, 2.45) is 0 Å². The molecule has 0 bridgehead atoms. The van der Waals surface area contributed by atoms with Gasteiger partial charge in [0.25, 0.3) is 0 Å². The van der Waals surface area contributed by atoms with Crippen molar-refractivity contribution in [1.29, 1.82) is 0 Å². The van der Waals surface area contributed by atoms with Gasteiger partial charge in [-0.25, -0.2) is 4.98 Å². The number of aromatic nitrogens is 3. The Morgan fingerprint density at radius 2 is 1.93 bits per heavy atom. The first-order chi connectivity index (χ1) is 13.7. The standard InChI is InChI=1S/C22H27N5O/c1-18-5-4-6-19(13-18)16-25-9-11-27(12-10-25)22(28)21(26-7-2-3-8-26)14-20-15-23-17-24-20/h2-8,13,15,17,21H,9-12,14,16H2,1H3,(H,23,24)/t21-/m0/s1. The molecular formula is C22H27N5O. The lowest BCUT2D eigenvalue weighted by Gasteiger charge is -2.36. The number of rotatable bonds is 6. The van der Waals surface area contributed by atoms with E-state index >= 15 is 0 Å². The van der Waals surface area contributed by atoms with Crippen LogP contribution in [0.25, 0.3) is 0 Å². The van der Waals surface area contributed by atoms with Crippen LogP contribution < -0.4 is 0 Å². The number of nitrogens with zero attached hydrogens (tertiary/aromatic N) is 4. The minimum Gasteiger partial charge on any atom is -0.348 e. The van der Waals surface area contributed by atoms with E-state index in [-0.39, 0.29) is 11.9 Å². The van der Waals surface area contributed by atoms with Crippen molar-refractivity contribution in [1.82, 2.24) is 24.3 Å². The number of hydrogen-bond acceptors (Lipinski definition) is 3. The molecule has 0 radical (unpaired) electrons. The van der Waals surface area contributed by atoms with Crippen molar-refractivity contribution in [2.75, 3.05) is 26.2 Å². The maximum Gasteiger partial charge on any atom is 0.246 e. The van der Waals surface area contributed by atoms with Gasteiger partial charge in [0.15, 0.2) is 0 Å². The fourth-order valence-electron chi connectivity index (χ4n) is 3.89. The fraction of sp³-hybridized carbons (Fsp3) is 0.364. The number of imidazole rings is 1. The van der Waals surface area contributed by atoms with Crippen LogP contribution in [0.4, 0.5) is 0 Å². The second-order valence-corrected chi connectivity index (χ2v) is 7.52. The van der Waals surface area contributed by atoms with Gasteiger partial charge in [-0.05, 0) is 24.6 Å². The zero-order valence-electron chi connectivity index (χ0n) is 16.3. The third kappa shape index (κ3) is 4.34. The highest BCUT2D eigenvalue weighted by Gasteiger charge is 2.28. The Morgan fingerprint density at radius 1 is 1.14 bits per heavy atom. The number of H-pyrrole nitrogens is 1. The molecule has 3 aromatic rings. The summed E-state index contributed by atoms with van der Waals surface area (Å²) in [7, 11) is 0. The normalized spacial score (nSPS) is 16.2. The molecule has 1 saturated heterocycles. The van der Waals surface area contributed by atoms with Crippen LogP contribution >= 0.6 is 0 Å². The molecular weight excluding hydrogens is 350 g/mol. The monoisotopic (exact) mass is 377 g/mol. The highest BCUT2D eigenvalue weighted by Crippen LogP contribution is 2.19. The highest BCUT2D eigenvalue weighted by molar-refractivity contribution is 5.81. The summed E-state index contributed by atoms with van der Waals surface area (Å²) in [4.78, 5) is 24.9. The Hall–Kier alpha value is -2.86. The van der Waals surface area contributed by atoms with Crippen LogP contribution in [0.5, 0.6) is 0 Å². The van der Waals surface area contributed by atoms with E-state index in [1.807, 2.05) is 34.0 Å². The first kappa shape index (κ1) is 18.5. The highest BCUT2D eigenvalue weighted by atomic mass is 16.2. The van der Waals surface area contributed by atoms with Gasteiger partial charge in [0, 0.05) is 63.4 Å². The van der Waals surface area contributed by atoms with E-state index in [0.29, 0.717) is 6.42 Å². The largest absolute Gasteiger partial charge is 0.348 e. The molecule has 1 N–H and O–H groups in total. The third-order valence-electron chi connectivity index (χ3n) is 5.41. The molecule has 1 atom stereocenters. The SMILES string of the molecule is Cc1cccc(CN2CCN(C(=O)[C@H](Cc3cnc[nH]3)n3cccc3)CC2)c1. The molecule has 0 aliphatic carbocycles. The molecule has 3 heterocycles. The van der Waals surface area contributed by atoms with Crippen LogP contribution in [-0.4, -0.2) is 56.4 Å². The van der Waals surface area contributed by atoms with Gasteiger partial charge in [0.1, 0.15) is 6.04 Å². The van der Waals surface area contributed by atoms with Crippen molar-refractivity contribution in [2.45, 2.75) is 25.9 Å². The Kier molecular flexibility index (Phi) is 5.58. The summed E-state index contributed by atoms with van der Waals surface area (Å²) in [5.41, 5.74) is 3.61. The molecule has 1 amide bonds. The number of piperazine rings is 1. The molecule has 6 nitrogen and oxygen atoms in total. The maximum absolute atomic E-state index is 13.3. The smallest absolute Gasteiger partial charge is 0.246 e. The molecule has 1 aliphatic rings. The Morgan fingerprint density at radius 3 is 2.61 bits per heavy atom. The molecule has 6 heteroatoms. The fourth-order valence-corrected chi connectivity index (χ4v) is 3.89. The molecule has 4 rings (SSSR count). The van der Waals surface area contributed by atoms with Crippen molar-refractivity contribution >= 4 is 5.91 Å². The van der Waals surface area contributed by atoms with Crippen LogP contribution in [0, 0.1) is 6.92 Å². The predicted octanol–water partition coefficient (Wildman–Crippen LogP) is 2.65. The van der Waals surface area contributed by atoms with E-state index < -0.39 is 0 Å². The maximum atomic E-state index is 13.3. The summed E-state index contributed by atoms with van der Waals surface area (Å²) >= 11 is 0. The summed E-state index contributed by atoms with van der Waals surface area (Å²) < 4.78 is 2.00. The number of aryl methyl sites for hydroxylation is 1. The van der Waals surface area contributed by atoms with Crippen molar-refractivity contribution in [3.8, 4) is 0 Å². The summed E-state index contributed by atoms with van der Waals surface area (Å²) in [6.45, 7) is 6.42. The zero-order valence-corrected chi connectivity index (χ0v) is 16.3. The topological polar surface area (TPSA) is 57.2 Å². The Balaban J connectivity index is 1.39. The minimum atomic E-state index is -0.237. The van der Waals surface area contributed by atoms with E-state index in [4.69, 9.17) is 0 Å². The van der Waals surface area contributed by atoms with Gasteiger partial charge in [-0.3, -0.25) is 9.69 Å². The summed E-state index contributed by atoms with van der Waals surface area (Å²) in [6, 6.07) is 12.3. The number of benzene rings is 1. The van der Waals surface area contributed by atoms with E-state index in [1.165, 1.54) is 11.1 Å². The van der Waals surface area contributed by atoms with E-state index in [9.17, 15) is 4.79 Å². The second kappa shape index (κ2) is 8.44. The molecule has 2 aromatic heterocycles. The Bertz CT molecular complexity index is 880. The molecule has 0 unspecified atom stereocenters. The number of hydrogen-bond donors (Lipinski definition) is 1. The number of carbonyl (C=O) groups is 1. The van der Waals surface area contributed by atoms with Crippen molar-refractivity contribution in [3.63, 3.8) is 0 Å². The van der Waals surface area contributed by atoms with Gasteiger partial charge in [-0.2, -0.15) is 0 Å². The summed E-state index contributed by atoms with van der Waals surface area (Å²) in [5.74, 6) is 0.181. The number of nitrogens with one attached hydrogen (secondary N) is 1. The van der Waals surface area contributed by atoms with Crippen LogP contribution in [0.15, 0.2) is 61.3 Å². The molecule has 1 fully saturated rings. The van der Waals surface area contributed by atoms with Gasteiger partial charge < -0.3 is 14.5 Å². The molecule has 1 aromatic carbocycles. The number of amides is 1. The van der Waals surface area contributed by atoms with Gasteiger partial charge in [0.05, 0.1) is 6.33 Å². The van der Waals surface area contributed by atoms with Gasteiger partial charge >= 0.3 is 0 Å². The lowest BCUT2D eigenvalue weighted by molar-refractivity contribution is -0.136. The van der Waals surface area contributed by atoms with Crippen LogP contribution in [0.2, 0.25) is 0 Å². The van der Waals surface area contributed by atoms with Crippen molar-refractivity contribution in [3.05, 3.63) is 78.1 Å². The first-order valence-corrected chi connectivity index (χ1v) is 9.85. The average molecular weight is 377 g/mol. The molecule has 0 spiro atoms. The van der Waals surface area contributed by atoms with E-state index in [0.717, 1.165) is 38.4 Å². The molecule has 0 saturated carbocycles. The van der Waals surface area contributed by atoms with Crippen LogP contribution in [0.3, 0.4) is 0 Å². The average Bonchev–Trinajstić information content (AvgIpc) is 3.40. The van der Waals surface area contributed by atoms with Gasteiger partial charge in [-0.1, -0.05) is 29.8 Å². The lowest BCUT2D eigenvalue weighted by atomic mass is 10.1. The first-order valence-electron chi connectivity index (χ1n) is 9.85. The Labute approximate surface area is 165 Å². The zero-order chi connectivity index (χ0) is 19.3. The minimum absolute atomic E-state index is 0.181. The van der Waals surface area contributed by atoms with E-state index in [1.54, 1.807) is 12.5 Å². The number of aromatic amines is 1. The van der Waals surface area contributed by atoms with Gasteiger partial charge in [0.2, 0.25) is 5.91 Å². The van der Waals surface area contributed by atoms with Crippen LogP contribution in [0.1, 0.15) is 22.9 Å².